The van der Waals surface area contributed by atoms with Gasteiger partial charge in [0.2, 0.25) is 0 Å². The second-order valence-electron chi connectivity index (χ2n) is 3.44. The molecule has 0 spiro atoms. The summed E-state index contributed by atoms with van der Waals surface area (Å²) in [6.45, 7) is 2.12. The van der Waals surface area contributed by atoms with Gasteiger partial charge in [-0.05, 0) is 7.05 Å². The van der Waals surface area contributed by atoms with Gasteiger partial charge in [0.15, 0.2) is 0 Å². The number of hydrogen-bond donors (Lipinski definition) is 3. The molecule has 1 heterocycles. The first kappa shape index (κ1) is 12.1. The van der Waals surface area contributed by atoms with Crippen molar-refractivity contribution in [1.29, 1.82) is 0 Å². The smallest absolute Gasteiger partial charge is 0.303 e. The molecule has 0 unspecified atom stereocenters. The molecule has 7 nitrogen and oxygen atoms in total. The molecule has 0 radical (unpaired) electrons. The van der Waals surface area contributed by atoms with Gasteiger partial charge in [-0.1, -0.05) is 0 Å². The number of rotatable bonds is 3. The summed E-state index contributed by atoms with van der Waals surface area (Å²) in [6, 6.07) is -0.165. The van der Waals surface area contributed by atoms with Crippen LogP contribution in [0, 0.1) is 0 Å². The Morgan fingerprint density at radius 1 is 1.57 bits per heavy atom. The number of hydrogen-bond acceptors (Lipinski definition) is 5. The zero-order valence-electron chi connectivity index (χ0n) is 8.04. The summed E-state index contributed by atoms with van der Waals surface area (Å²) < 4.78 is 14.9. The van der Waals surface area contributed by atoms with Crippen molar-refractivity contribution in [2.24, 2.45) is 5.84 Å². The van der Waals surface area contributed by atoms with Gasteiger partial charge in [-0.2, -0.15) is 0 Å². The minimum Gasteiger partial charge on any atom is -0.303 e. The number of phosphoric ester groups is 1. The quantitative estimate of drug-likeness (QED) is 0.400. The normalized spacial score (nSPS) is 26.7. The van der Waals surface area contributed by atoms with E-state index in [1.54, 1.807) is 5.01 Å². The molecule has 1 aliphatic rings. The standard InChI is InChI=1S/C6H16N3O4P/c1-8-2-3-9(7)6(4-8)5-13-14(10,11)12/h6H,2-5,7H2,1H3,(H2,10,11,12)/t6-/m0/s1. The van der Waals surface area contributed by atoms with Gasteiger partial charge in [0, 0.05) is 19.6 Å². The summed E-state index contributed by atoms with van der Waals surface area (Å²) in [5.41, 5.74) is 0. The SMILES string of the molecule is CN1CCN(N)[C@H](COP(=O)(O)O)C1. The van der Waals surface area contributed by atoms with E-state index in [4.69, 9.17) is 15.6 Å². The van der Waals surface area contributed by atoms with E-state index >= 15 is 0 Å². The van der Waals surface area contributed by atoms with Crippen LogP contribution in [0.4, 0.5) is 0 Å². The molecule has 14 heavy (non-hydrogen) atoms. The van der Waals surface area contributed by atoms with Crippen LogP contribution in [-0.4, -0.2) is 59.0 Å². The molecule has 1 saturated heterocycles. The maximum absolute atomic E-state index is 10.5. The van der Waals surface area contributed by atoms with Gasteiger partial charge in [-0.25, -0.2) is 9.57 Å². The Labute approximate surface area is 82.6 Å². The Balaban J connectivity index is 2.38. The molecule has 1 atom stereocenters. The summed E-state index contributed by atoms with van der Waals surface area (Å²) in [5, 5.41) is 1.55. The highest BCUT2D eigenvalue weighted by atomic mass is 31.2. The molecule has 84 valence electrons. The van der Waals surface area contributed by atoms with Crippen LogP contribution in [-0.2, 0) is 9.09 Å². The predicted octanol–water partition coefficient (Wildman–Crippen LogP) is -1.41. The van der Waals surface area contributed by atoms with Crippen LogP contribution in [0.15, 0.2) is 0 Å². The van der Waals surface area contributed by atoms with Gasteiger partial charge in [0.25, 0.3) is 0 Å². The van der Waals surface area contributed by atoms with Crippen LogP contribution in [0.1, 0.15) is 0 Å². The lowest BCUT2D eigenvalue weighted by Gasteiger charge is -2.36. The number of phosphoric acid groups is 1. The Morgan fingerprint density at radius 2 is 2.21 bits per heavy atom. The van der Waals surface area contributed by atoms with Crippen molar-refractivity contribution in [3.8, 4) is 0 Å². The number of nitrogens with zero attached hydrogens (tertiary/aromatic N) is 2. The van der Waals surface area contributed by atoms with Gasteiger partial charge in [0.1, 0.15) is 0 Å². The summed E-state index contributed by atoms with van der Waals surface area (Å²) in [7, 11) is -2.45. The Bertz CT molecular complexity index is 233. The number of nitrogens with two attached hydrogens (primary N) is 1. The Hall–Kier alpha value is -0.0100. The summed E-state index contributed by atoms with van der Waals surface area (Å²) in [6.07, 6.45) is 0. The number of piperazine rings is 1. The van der Waals surface area contributed by atoms with Gasteiger partial charge in [0.05, 0.1) is 12.6 Å². The highest BCUT2D eigenvalue weighted by Gasteiger charge is 2.26. The molecular weight excluding hydrogens is 209 g/mol. The second kappa shape index (κ2) is 4.67. The van der Waals surface area contributed by atoms with E-state index in [0.29, 0.717) is 13.1 Å². The van der Waals surface area contributed by atoms with Crippen molar-refractivity contribution in [2.75, 3.05) is 33.3 Å². The van der Waals surface area contributed by atoms with E-state index in [2.05, 4.69) is 4.52 Å². The van der Waals surface area contributed by atoms with E-state index in [-0.39, 0.29) is 12.6 Å². The lowest BCUT2D eigenvalue weighted by molar-refractivity contribution is 0.0484. The van der Waals surface area contributed by atoms with E-state index in [9.17, 15) is 4.57 Å². The van der Waals surface area contributed by atoms with E-state index in [0.717, 1.165) is 6.54 Å². The van der Waals surface area contributed by atoms with Crippen molar-refractivity contribution >= 4 is 7.82 Å². The first-order valence-corrected chi connectivity index (χ1v) is 5.81. The van der Waals surface area contributed by atoms with Crippen LogP contribution >= 0.6 is 7.82 Å². The van der Waals surface area contributed by atoms with Gasteiger partial charge in [-0.15, -0.1) is 0 Å². The van der Waals surface area contributed by atoms with Gasteiger partial charge < -0.3 is 14.7 Å². The molecule has 1 rings (SSSR count). The van der Waals surface area contributed by atoms with Crippen LogP contribution in [0.3, 0.4) is 0 Å². The molecule has 1 fully saturated rings. The molecule has 0 saturated carbocycles. The topological polar surface area (TPSA) is 99.3 Å². The second-order valence-corrected chi connectivity index (χ2v) is 4.68. The fourth-order valence-corrected chi connectivity index (χ4v) is 1.72. The van der Waals surface area contributed by atoms with Gasteiger partial charge in [-0.3, -0.25) is 10.4 Å². The third-order valence-electron chi connectivity index (χ3n) is 2.17. The molecule has 0 amide bonds. The highest BCUT2D eigenvalue weighted by molar-refractivity contribution is 7.46. The summed E-state index contributed by atoms with van der Waals surface area (Å²) >= 11 is 0. The van der Waals surface area contributed by atoms with Crippen molar-refractivity contribution < 1.29 is 18.9 Å². The van der Waals surface area contributed by atoms with Crippen molar-refractivity contribution in [2.45, 2.75) is 6.04 Å². The molecule has 0 bridgehead atoms. The van der Waals surface area contributed by atoms with Crippen molar-refractivity contribution in [3.05, 3.63) is 0 Å². The van der Waals surface area contributed by atoms with Crippen LogP contribution in [0.2, 0.25) is 0 Å². The monoisotopic (exact) mass is 225 g/mol. The largest absolute Gasteiger partial charge is 0.469 e. The van der Waals surface area contributed by atoms with Gasteiger partial charge >= 0.3 is 7.82 Å². The first-order chi connectivity index (χ1) is 6.38. The lowest BCUT2D eigenvalue weighted by Crippen LogP contribution is -2.56. The molecule has 4 N–H and O–H groups in total. The van der Waals surface area contributed by atoms with Crippen LogP contribution in [0.25, 0.3) is 0 Å². The molecule has 8 heteroatoms. The molecule has 0 aromatic rings. The Kier molecular flexibility index (Phi) is 4.03. The molecular formula is C6H16N3O4P. The first-order valence-electron chi connectivity index (χ1n) is 4.28. The molecule has 0 aliphatic carbocycles. The van der Waals surface area contributed by atoms with E-state index < -0.39 is 7.82 Å². The van der Waals surface area contributed by atoms with Crippen LogP contribution in [0.5, 0.6) is 0 Å². The van der Waals surface area contributed by atoms with E-state index in [1.807, 2.05) is 11.9 Å². The molecule has 0 aromatic carbocycles. The zero-order chi connectivity index (χ0) is 10.8. The average molecular weight is 225 g/mol. The number of hydrazine groups is 1. The molecule has 1 aliphatic heterocycles. The predicted molar refractivity (Wildman–Crippen MR) is 50.2 cm³/mol. The summed E-state index contributed by atoms with van der Waals surface area (Å²) in [4.78, 5) is 19.1. The van der Waals surface area contributed by atoms with Crippen molar-refractivity contribution in [1.82, 2.24) is 9.91 Å². The average Bonchev–Trinajstić information content (AvgIpc) is 2.05. The van der Waals surface area contributed by atoms with Crippen LogP contribution < -0.4 is 5.84 Å². The third kappa shape index (κ3) is 4.02. The molecule has 0 aromatic heterocycles. The maximum atomic E-state index is 10.5. The third-order valence-corrected chi connectivity index (χ3v) is 2.65. The number of likely N-dealkylation sites (N-methyl/N-ethyl adjacent to an activating group) is 1. The minimum atomic E-state index is -4.38. The van der Waals surface area contributed by atoms with E-state index in [1.165, 1.54) is 0 Å². The fraction of sp³-hybridized carbons (Fsp3) is 1.00. The maximum Gasteiger partial charge on any atom is 0.469 e. The Morgan fingerprint density at radius 3 is 2.79 bits per heavy atom. The summed E-state index contributed by atoms with van der Waals surface area (Å²) in [5.74, 6) is 5.64. The van der Waals surface area contributed by atoms with Crippen molar-refractivity contribution in [3.63, 3.8) is 0 Å². The lowest BCUT2D eigenvalue weighted by atomic mass is 10.2. The highest BCUT2D eigenvalue weighted by Crippen LogP contribution is 2.35. The fourth-order valence-electron chi connectivity index (χ4n) is 1.36. The minimum absolute atomic E-state index is 0.0505. The zero-order valence-corrected chi connectivity index (χ0v) is 8.93.